The van der Waals surface area contributed by atoms with E-state index in [-0.39, 0.29) is 12.6 Å². The molecule has 0 spiro atoms. The highest BCUT2D eigenvalue weighted by atomic mass is 35.7. The molecule has 0 amide bonds. The van der Waals surface area contributed by atoms with E-state index in [1.54, 1.807) is 0 Å². The number of hydrogen-bond acceptors (Lipinski definition) is 3. The van der Waals surface area contributed by atoms with E-state index in [0.29, 0.717) is 6.61 Å². The molecule has 0 aliphatic carbocycles. The third-order valence-electron chi connectivity index (χ3n) is 1.51. The van der Waals surface area contributed by atoms with Gasteiger partial charge in [-0.2, -0.15) is 13.1 Å². The SMILES string of the molecule is O=S(=O)(Cl)NCC1CCCO1. The van der Waals surface area contributed by atoms with Crippen molar-refractivity contribution in [3.8, 4) is 0 Å². The normalized spacial score (nSPS) is 25.7. The first-order chi connectivity index (χ1) is 5.08. The Balaban J connectivity index is 2.22. The van der Waals surface area contributed by atoms with Gasteiger partial charge in [0.05, 0.1) is 6.10 Å². The van der Waals surface area contributed by atoms with Crippen LogP contribution in [0.5, 0.6) is 0 Å². The van der Waals surface area contributed by atoms with Gasteiger partial charge in [0, 0.05) is 23.8 Å². The zero-order valence-electron chi connectivity index (χ0n) is 5.92. The predicted octanol–water partition coefficient (Wildman–Crippen LogP) is 0.239. The van der Waals surface area contributed by atoms with Crippen molar-refractivity contribution in [2.24, 2.45) is 0 Å². The van der Waals surface area contributed by atoms with Gasteiger partial charge in [0.25, 0.3) is 9.24 Å². The van der Waals surface area contributed by atoms with Crippen molar-refractivity contribution < 1.29 is 13.2 Å². The average molecular weight is 200 g/mol. The molecule has 1 aliphatic rings. The standard InChI is InChI=1S/C5H10ClNO3S/c6-11(8,9)7-4-5-2-1-3-10-5/h5,7H,1-4H2. The highest BCUT2D eigenvalue weighted by Gasteiger charge is 2.17. The number of nitrogens with one attached hydrogen (secondary N) is 1. The lowest BCUT2D eigenvalue weighted by Crippen LogP contribution is -2.28. The highest BCUT2D eigenvalue weighted by Crippen LogP contribution is 2.10. The van der Waals surface area contributed by atoms with E-state index in [4.69, 9.17) is 15.4 Å². The molecule has 1 atom stereocenters. The van der Waals surface area contributed by atoms with Gasteiger partial charge in [-0.1, -0.05) is 0 Å². The van der Waals surface area contributed by atoms with E-state index in [0.717, 1.165) is 12.8 Å². The van der Waals surface area contributed by atoms with Crippen LogP contribution >= 0.6 is 10.7 Å². The maximum atomic E-state index is 10.4. The highest BCUT2D eigenvalue weighted by molar-refractivity contribution is 8.12. The Morgan fingerprint density at radius 1 is 1.64 bits per heavy atom. The van der Waals surface area contributed by atoms with Crippen LogP contribution in [0.25, 0.3) is 0 Å². The van der Waals surface area contributed by atoms with Gasteiger partial charge in [-0.05, 0) is 12.8 Å². The van der Waals surface area contributed by atoms with Crippen molar-refractivity contribution in [1.29, 1.82) is 0 Å². The fourth-order valence-electron chi connectivity index (χ4n) is 0.998. The number of hydrogen-bond donors (Lipinski definition) is 1. The van der Waals surface area contributed by atoms with Crippen molar-refractivity contribution in [3.05, 3.63) is 0 Å². The van der Waals surface area contributed by atoms with E-state index >= 15 is 0 Å². The molecule has 0 aromatic heterocycles. The van der Waals surface area contributed by atoms with Gasteiger partial charge >= 0.3 is 0 Å². The Hall–Kier alpha value is 0.160. The van der Waals surface area contributed by atoms with Crippen molar-refractivity contribution in [3.63, 3.8) is 0 Å². The monoisotopic (exact) mass is 199 g/mol. The van der Waals surface area contributed by atoms with Crippen LogP contribution in [0.15, 0.2) is 0 Å². The van der Waals surface area contributed by atoms with Crippen LogP contribution in [0, 0.1) is 0 Å². The molecule has 66 valence electrons. The van der Waals surface area contributed by atoms with Gasteiger partial charge in [-0.3, -0.25) is 0 Å². The van der Waals surface area contributed by atoms with Gasteiger partial charge in [-0.15, -0.1) is 0 Å². The summed E-state index contributed by atoms with van der Waals surface area (Å²) in [5.41, 5.74) is 0. The van der Waals surface area contributed by atoms with Gasteiger partial charge < -0.3 is 4.74 Å². The smallest absolute Gasteiger partial charge is 0.297 e. The second-order valence-electron chi connectivity index (χ2n) is 2.42. The van der Waals surface area contributed by atoms with Crippen molar-refractivity contribution >= 4 is 19.9 Å². The summed E-state index contributed by atoms with van der Waals surface area (Å²) in [6, 6.07) is 0. The zero-order chi connectivity index (χ0) is 8.32. The second kappa shape index (κ2) is 3.71. The summed E-state index contributed by atoms with van der Waals surface area (Å²) in [7, 11) is 1.35. The molecule has 0 aromatic carbocycles. The Labute approximate surface area is 70.4 Å². The summed E-state index contributed by atoms with van der Waals surface area (Å²) in [5, 5.41) is 0. The largest absolute Gasteiger partial charge is 0.377 e. The topological polar surface area (TPSA) is 55.4 Å². The molecule has 1 saturated heterocycles. The first kappa shape index (κ1) is 9.25. The quantitative estimate of drug-likeness (QED) is 0.663. The summed E-state index contributed by atoms with van der Waals surface area (Å²) >= 11 is 0. The molecule has 6 heteroatoms. The zero-order valence-corrected chi connectivity index (χ0v) is 7.49. The van der Waals surface area contributed by atoms with Crippen LogP contribution in [0.4, 0.5) is 0 Å². The Morgan fingerprint density at radius 2 is 2.36 bits per heavy atom. The average Bonchev–Trinajstić information content (AvgIpc) is 2.32. The Kier molecular flexibility index (Phi) is 3.12. The number of ether oxygens (including phenoxy) is 1. The molecule has 1 N–H and O–H groups in total. The van der Waals surface area contributed by atoms with E-state index < -0.39 is 9.24 Å². The Bertz CT molecular complexity index is 210. The van der Waals surface area contributed by atoms with Crippen molar-refractivity contribution in [2.75, 3.05) is 13.2 Å². The molecule has 0 aromatic rings. The van der Waals surface area contributed by atoms with E-state index in [9.17, 15) is 8.42 Å². The summed E-state index contributed by atoms with van der Waals surface area (Å²) in [6.45, 7) is 1.00. The predicted molar refractivity (Wildman–Crippen MR) is 41.7 cm³/mol. The summed E-state index contributed by atoms with van der Waals surface area (Å²) in [4.78, 5) is 0. The number of halogens is 1. The van der Waals surface area contributed by atoms with Gasteiger partial charge in [-0.25, -0.2) is 0 Å². The summed E-state index contributed by atoms with van der Waals surface area (Å²) < 4.78 is 28.1. The molecule has 1 unspecified atom stereocenters. The van der Waals surface area contributed by atoms with Crippen molar-refractivity contribution in [2.45, 2.75) is 18.9 Å². The van der Waals surface area contributed by atoms with Crippen LogP contribution in [0.1, 0.15) is 12.8 Å². The lowest BCUT2D eigenvalue weighted by molar-refractivity contribution is 0.114. The number of rotatable bonds is 3. The minimum absolute atomic E-state index is 0.00326. The van der Waals surface area contributed by atoms with E-state index in [1.165, 1.54) is 0 Å². The molecule has 0 radical (unpaired) electrons. The van der Waals surface area contributed by atoms with Gasteiger partial charge in [0.1, 0.15) is 0 Å². The lowest BCUT2D eigenvalue weighted by atomic mass is 10.2. The molecule has 4 nitrogen and oxygen atoms in total. The second-order valence-corrected chi connectivity index (χ2v) is 4.80. The molecule has 1 fully saturated rings. The van der Waals surface area contributed by atoms with Crippen LogP contribution in [0.2, 0.25) is 0 Å². The van der Waals surface area contributed by atoms with Crippen molar-refractivity contribution in [1.82, 2.24) is 4.72 Å². The molecular formula is C5H10ClNO3S. The minimum Gasteiger partial charge on any atom is -0.377 e. The summed E-state index contributed by atoms with van der Waals surface area (Å²) in [5.74, 6) is 0. The molecule has 0 bridgehead atoms. The van der Waals surface area contributed by atoms with Crippen LogP contribution in [-0.4, -0.2) is 27.7 Å². The molecule has 1 aliphatic heterocycles. The lowest BCUT2D eigenvalue weighted by Gasteiger charge is -2.07. The molecular weight excluding hydrogens is 190 g/mol. The van der Waals surface area contributed by atoms with Crippen LogP contribution < -0.4 is 4.72 Å². The van der Waals surface area contributed by atoms with E-state index in [2.05, 4.69) is 4.72 Å². The fourth-order valence-corrected chi connectivity index (χ4v) is 1.57. The molecule has 1 rings (SSSR count). The molecule has 0 saturated carbocycles. The summed E-state index contributed by atoms with van der Waals surface area (Å²) in [6.07, 6.45) is 1.90. The van der Waals surface area contributed by atoms with Gasteiger partial charge in [0.2, 0.25) is 0 Å². The van der Waals surface area contributed by atoms with E-state index in [1.807, 2.05) is 0 Å². The maximum Gasteiger partial charge on any atom is 0.297 e. The van der Waals surface area contributed by atoms with Crippen LogP contribution in [-0.2, 0) is 14.0 Å². The first-order valence-corrected chi connectivity index (χ1v) is 5.70. The fraction of sp³-hybridized carbons (Fsp3) is 1.00. The first-order valence-electron chi connectivity index (χ1n) is 3.39. The maximum absolute atomic E-state index is 10.4. The molecule has 11 heavy (non-hydrogen) atoms. The van der Waals surface area contributed by atoms with Crippen LogP contribution in [0.3, 0.4) is 0 Å². The Morgan fingerprint density at radius 3 is 2.82 bits per heavy atom. The third kappa shape index (κ3) is 3.91. The third-order valence-corrected chi connectivity index (χ3v) is 2.35. The minimum atomic E-state index is -3.57. The van der Waals surface area contributed by atoms with Gasteiger partial charge in [0.15, 0.2) is 0 Å². The molecule has 1 heterocycles.